The number of hydrogen-bond donors (Lipinski definition) is 2. The zero-order chi connectivity index (χ0) is 8.72. The van der Waals surface area contributed by atoms with Crippen molar-refractivity contribution >= 4 is 0 Å². The van der Waals surface area contributed by atoms with E-state index in [1.807, 2.05) is 0 Å². The number of fused-ring (bicyclic) bond motifs is 1. The molecule has 2 N–H and O–H groups in total. The molecule has 0 fully saturated rings. The first-order chi connectivity index (χ1) is 5.70. The summed E-state index contributed by atoms with van der Waals surface area (Å²) >= 11 is 0. The van der Waals surface area contributed by atoms with E-state index in [9.17, 15) is 9.59 Å². The second-order valence-electron chi connectivity index (χ2n) is 2.85. The van der Waals surface area contributed by atoms with Crippen LogP contribution >= 0.6 is 0 Å². The lowest BCUT2D eigenvalue weighted by Gasteiger charge is -2.02. The van der Waals surface area contributed by atoms with Gasteiger partial charge in [0.2, 0.25) is 0 Å². The van der Waals surface area contributed by atoms with Gasteiger partial charge in [0.15, 0.2) is 0 Å². The molecule has 1 aliphatic heterocycles. The van der Waals surface area contributed by atoms with Crippen LogP contribution in [0.3, 0.4) is 0 Å². The molecule has 2 heterocycles. The fourth-order valence-corrected chi connectivity index (χ4v) is 1.43. The van der Waals surface area contributed by atoms with Crippen molar-refractivity contribution in [2.45, 2.75) is 13.1 Å². The number of nitrogens with one attached hydrogen (secondary N) is 2. The Morgan fingerprint density at radius 1 is 1.33 bits per heavy atom. The minimum atomic E-state index is -0.345. The number of nitrogens with zero attached hydrogens (tertiary/aromatic N) is 1. The molecule has 5 heteroatoms. The fourth-order valence-electron chi connectivity index (χ4n) is 1.43. The summed E-state index contributed by atoms with van der Waals surface area (Å²) in [6.45, 7) is 1.16. The monoisotopic (exact) mass is 167 g/mol. The van der Waals surface area contributed by atoms with Crippen LogP contribution in [0.1, 0.15) is 11.3 Å². The van der Waals surface area contributed by atoms with Gasteiger partial charge in [-0.25, -0.2) is 4.79 Å². The van der Waals surface area contributed by atoms with Gasteiger partial charge in [-0.2, -0.15) is 0 Å². The Hall–Kier alpha value is -1.36. The predicted molar refractivity (Wildman–Crippen MR) is 42.8 cm³/mol. The van der Waals surface area contributed by atoms with Crippen molar-refractivity contribution in [3.63, 3.8) is 0 Å². The molecule has 2 rings (SSSR count). The molecule has 0 saturated heterocycles. The van der Waals surface area contributed by atoms with E-state index in [2.05, 4.69) is 10.3 Å². The first-order valence-electron chi connectivity index (χ1n) is 3.72. The van der Waals surface area contributed by atoms with Gasteiger partial charge in [-0.05, 0) is 0 Å². The summed E-state index contributed by atoms with van der Waals surface area (Å²) in [5.41, 5.74) is 0.862. The second-order valence-corrected chi connectivity index (χ2v) is 2.85. The van der Waals surface area contributed by atoms with Crippen molar-refractivity contribution in [2.75, 3.05) is 0 Å². The Morgan fingerprint density at radius 2 is 2.08 bits per heavy atom. The zero-order valence-corrected chi connectivity index (χ0v) is 6.68. The maximum atomic E-state index is 11.2. The van der Waals surface area contributed by atoms with E-state index in [-0.39, 0.29) is 11.2 Å². The Kier molecular flexibility index (Phi) is 1.41. The van der Waals surface area contributed by atoms with Gasteiger partial charge in [0.1, 0.15) is 0 Å². The van der Waals surface area contributed by atoms with Gasteiger partial charge >= 0.3 is 5.69 Å². The molecule has 0 aromatic carbocycles. The first kappa shape index (κ1) is 7.30. The summed E-state index contributed by atoms with van der Waals surface area (Å²) in [6.07, 6.45) is 0. The van der Waals surface area contributed by atoms with E-state index < -0.39 is 0 Å². The molecule has 1 aromatic rings. The van der Waals surface area contributed by atoms with E-state index in [0.717, 1.165) is 5.69 Å². The van der Waals surface area contributed by atoms with Crippen LogP contribution in [0.25, 0.3) is 0 Å². The molecule has 0 spiro atoms. The van der Waals surface area contributed by atoms with E-state index in [0.29, 0.717) is 18.7 Å². The average molecular weight is 167 g/mol. The van der Waals surface area contributed by atoms with E-state index in [4.69, 9.17) is 0 Å². The van der Waals surface area contributed by atoms with Crippen molar-refractivity contribution in [3.05, 3.63) is 32.1 Å². The van der Waals surface area contributed by atoms with Gasteiger partial charge in [0, 0.05) is 25.8 Å². The molecule has 0 unspecified atom stereocenters. The first-order valence-corrected chi connectivity index (χ1v) is 3.72. The van der Waals surface area contributed by atoms with Crippen LogP contribution in [-0.2, 0) is 20.1 Å². The third-order valence-electron chi connectivity index (χ3n) is 2.15. The van der Waals surface area contributed by atoms with Gasteiger partial charge < -0.3 is 5.32 Å². The molecule has 0 atom stereocenters. The standard InChI is InChI=1S/C7H9N3O2/c1-10-5-3-8-2-4(5)6(11)9-7(10)12/h8H,2-3H2,1H3,(H,9,11,12). The molecule has 12 heavy (non-hydrogen) atoms. The molecule has 5 nitrogen and oxygen atoms in total. The second kappa shape index (κ2) is 2.31. The third-order valence-corrected chi connectivity index (χ3v) is 2.15. The van der Waals surface area contributed by atoms with Crippen LogP contribution in [0.15, 0.2) is 9.59 Å². The molecule has 1 aromatic heterocycles. The predicted octanol–water partition coefficient (Wildman–Crippen LogP) is -1.32. The Balaban J connectivity index is 2.87. The number of aromatic nitrogens is 2. The number of rotatable bonds is 0. The van der Waals surface area contributed by atoms with E-state index in [1.54, 1.807) is 7.05 Å². The van der Waals surface area contributed by atoms with Crippen molar-refractivity contribution in [2.24, 2.45) is 7.05 Å². The highest BCUT2D eigenvalue weighted by Crippen LogP contribution is 2.05. The minimum absolute atomic E-state index is 0.266. The molecular formula is C7H9N3O2. The van der Waals surface area contributed by atoms with Crippen LogP contribution < -0.4 is 16.6 Å². The van der Waals surface area contributed by atoms with Crippen LogP contribution in [0.5, 0.6) is 0 Å². The normalized spacial score (nSPS) is 14.8. The third kappa shape index (κ3) is 0.831. The topological polar surface area (TPSA) is 66.9 Å². The lowest BCUT2D eigenvalue weighted by molar-refractivity contribution is 0.708. The molecule has 0 radical (unpaired) electrons. The average Bonchev–Trinajstić information content (AvgIpc) is 2.48. The smallest absolute Gasteiger partial charge is 0.307 e. The Morgan fingerprint density at radius 3 is 2.83 bits per heavy atom. The molecule has 64 valence electrons. The molecular weight excluding hydrogens is 158 g/mol. The summed E-state index contributed by atoms with van der Waals surface area (Å²) in [7, 11) is 1.66. The van der Waals surface area contributed by atoms with Gasteiger partial charge in [-0.15, -0.1) is 0 Å². The van der Waals surface area contributed by atoms with E-state index >= 15 is 0 Å². The van der Waals surface area contributed by atoms with Gasteiger partial charge in [0.25, 0.3) is 5.56 Å². The van der Waals surface area contributed by atoms with Crippen LogP contribution in [0, 0.1) is 0 Å². The zero-order valence-electron chi connectivity index (χ0n) is 6.68. The van der Waals surface area contributed by atoms with Crippen molar-refractivity contribution in [1.82, 2.24) is 14.9 Å². The quantitative estimate of drug-likeness (QED) is 0.503. The van der Waals surface area contributed by atoms with Crippen molar-refractivity contribution < 1.29 is 0 Å². The Labute approximate surface area is 68.0 Å². The lowest BCUT2D eigenvalue weighted by atomic mass is 10.3. The van der Waals surface area contributed by atoms with E-state index in [1.165, 1.54) is 4.57 Å². The Bertz CT molecular complexity index is 429. The summed E-state index contributed by atoms with van der Waals surface area (Å²) in [5.74, 6) is 0. The van der Waals surface area contributed by atoms with Crippen LogP contribution in [0.4, 0.5) is 0 Å². The molecule has 0 saturated carbocycles. The summed E-state index contributed by atoms with van der Waals surface area (Å²) in [5, 5.41) is 3.02. The van der Waals surface area contributed by atoms with Crippen molar-refractivity contribution in [3.8, 4) is 0 Å². The van der Waals surface area contributed by atoms with Gasteiger partial charge in [0.05, 0.1) is 5.56 Å². The number of hydrogen-bond acceptors (Lipinski definition) is 3. The molecule has 0 bridgehead atoms. The highest BCUT2D eigenvalue weighted by Gasteiger charge is 2.16. The maximum Gasteiger partial charge on any atom is 0.328 e. The molecule has 0 amide bonds. The fraction of sp³-hybridized carbons (Fsp3) is 0.429. The number of aromatic amines is 1. The molecule has 1 aliphatic rings. The van der Waals surface area contributed by atoms with Gasteiger partial charge in [-0.3, -0.25) is 14.3 Å². The van der Waals surface area contributed by atoms with Crippen LogP contribution in [-0.4, -0.2) is 9.55 Å². The molecule has 0 aliphatic carbocycles. The van der Waals surface area contributed by atoms with Gasteiger partial charge in [-0.1, -0.05) is 0 Å². The highest BCUT2D eigenvalue weighted by molar-refractivity contribution is 5.21. The maximum absolute atomic E-state index is 11.2. The largest absolute Gasteiger partial charge is 0.328 e. The lowest BCUT2D eigenvalue weighted by Crippen LogP contribution is -2.31. The highest BCUT2D eigenvalue weighted by atomic mass is 16.2. The van der Waals surface area contributed by atoms with Crippen LogP contribution in [0.2, 0.25) is 0 Å². The summed E-state index contributed by atoms with van der Waals surface area (Å²) in [4.78, 5) is 24.5. The summed E-state index contributed by atoms with van der Waals surface area (Å²) in [6, 6.07) is 0. The number of H-pyrrole nitrogens is 1. The van der Waals surface area contributed by atoms with Crippen molar-refractivity contribution in [1.29, 1.82) is 0 Å². The minimum Gasteiger partial charge on any atom is -0.307 e. The SMILES string of the molecule is Cn1c2c(c(=O)[nH]c1=O)CNC2. The summed E-state index contributed by atoms with van der Waals surface area (Å²) < 4.78 is 1.47.